The molecule has 0 unspecified atom stereocenters. The molecule has 22 heavy (non-hydrogen) atoms. The highest BCUT2D eigenvalue weighted by Gasteiger charge is 2.32. The minimum atomic E-state index is -4.44. The number of benzene rings is 1. The molecular formula is C14H12F5NO2. The maximum Gasteiger partial charge on any atom is 0.433 e. The van der Waals surface area contributed by atoms with Crippen molar-refractivity contribution in [1.29, 1.82) is 0 Å². The summed E-state index contributed by atoms with van der Waals surface area (Å²) in [6, 6.07) is 6.68. The summed E-state index contributed by atoms with van der Waals surface area (Å²) in [6.45, 7) is -0.749. The van der Waals surface area contributed by atoms with Crippen molar-refractivity contribution in [2.45, 2.75) is 19.4 Å². The third-order valence-corrected chi connectivity index (χ3v) is 2.43. The Hall–Kier alpha value is -2.06. The predicted octanol–water partition coefficient (Wildman–Crippen LogP) is 3.05. The van der Waals surface area contributed by atoms with Gasteiger partial charge < -0.3 is 10.2 Å². The van der Waals surface area contributed by atoms with Gasteiger partial charge in [-0.15, -0.1) is 0 Å². The number of rotatable bonds is 2. The van der Waals surface area contributed by atoms with Gasteiger partial charge in [-0.3, -0.25) is 0 Å². The van der Waals surface area contributed by atoms with Crippen LogP contribution in [-0.4, -0.2) is 15.2 Å². The molecule has 0 fully saturated rings. The van der Waals surface area contributed by atoms with Crippen molar-refractivity contribution in [3.8, 4) is 0 Å². The van der Waals surface area contributed by atoms with Crippen LogP contribution < -0.4 is 0 Å². The fraction of sp³-hybridized carbons (Fsp3) is 0.214. The lowest BCUT2D eigenvalue weighted by Crippen LogP contribution is -2.08. The molecule has 120 valence electrons. The molecule has 0 saturated heterocycles. The predicted molar refractivity (Wildman–Crippen MR) is 67.4 cm³/mol. The maximum atomic E-state index is 12.3. The van der Waals surface area contributed by atoms with Gasteiger partial charge in [0.2, 0.25) is 0 Å². The molecule has 0 atom stereocenters. The summed E-state index contributed by atoms with van der Waals surface area (Å²) in [4.78, 5) is 3.19. The first-order chi connectivity index (χ1) is 10.3. The zero-order valence-corrected chi connectivity index (χ0v) is 11.1. The second-order valence-corrected chi connectivity index (χ2v) is 4.08. The number of hydrogen-bond donors (Lipinski definition) is 2. The van der Waals surface area contributed by atoms with Crippen LogP contribution in [0.1, 0.15) is 17.0 Å². The number of pyridine rings is 1. The van der Waals surface area contributed by atoms with E-state index in [9.17, 15) is 22.0 Å². The summed E-state index contributed by atoms with van der Waals surface area (Å²) in [5, 5.41) is 17.0. The first kappa shape index (κ1) is 18.0. The van der Waals surface area contributed by atoms with Crippen LogP contribution in [0.15, 0.2) is 36.4 Å². The van der Waals surface area contributed by atoms with E-state index in [4.69, 9.17) is 10.2 Å². The molecule has 2 N–H and O–H groups in total. The molecule has 0 aliphatic heterocycles. The fourth-order valence-corrected chi connectivity index (χ4v) is 1.36. The van der Waals surface area contributed by atoms with Gasteiger partial charge in [0.1, 0.15) is 5.69 Å². The lowest BCUT2D eigenvalue weighted by molar-refractivity contribution is -0.141. The standard InChI is InChI=1S/C7H6F3NO.C7H6F2O/c8-7(9,10)6-3-1-2-5(4-12)11-6;8-6-2-1-5(4-10)3-7(6)9/h1-3,12H,4H2;1-3,10H,4H2. The van der Waals surface area contributed by atoms with Crippen molar-refractivity contribution in [1.82, 2.24) is 4.98 Å². The lowest BCUT2D eigenvalue weighted by atomic mass is 10.2. The van der Waals surface area contributed by atoms with E-state index < -0.39 is 30.1 Å². The Morgan fingerprint density at radius 1 is 0.909 bits per heavy atom. The molecule has 1 heterocycles. The van der Waals surface area contributed by atoms with Crippen molar-refractivity contribution in [2.24, 2.45) is 0 Å². The molecule has 0 bridgehead atoms. The van der Waals surface area contributed by atoms with Gasteiger partial charge in [0.15, 0.2) is 11.6 Å². The van der Waals surface area contributed by atoms with Gasteiger partial charge in [0.05, 0.1) is 18.9 Å². The van der Waals surface area contributed by atoms with Gasteiger partial charge >= 0.3 is 6.18 Å². The molecule has 1 aromatic carbocycles. The van der Waals surface area contributed by atoms with E-state index in [2.05, 4.69) is 4.98 Å². The number of aliphatic hydroxyl groups excluding tert-OH is 2. The van der Waals surface area contributed by atoms with Crippen LogP contribution >= 0.6 is 0 Å². The van der Waals surface area contributed by atoms with Gasteiger partial charge in [-0.25, -0.2) is 13.8 Å². The van der Waals surface area contributed by atoms with Crippen LogP contribution in [0.4, 0.5) is 22.0 Å². The third-order valence-electron chi connectivity index (χ3n) is 2.43. The van der Waals surface area contributed by atoms with Crippen molar-refractivity contribution in [2.75, 3.05) is 0 Å². The van der Waals surface area contributed by atoms with Gasteiger partial charge in [0, 0.05) is 0 Å². The van der Waals surface area contributed by atoms with Crippen LogP contribution in [0.25, 0.3) is 0 Å². The number of alkyl halides is 3. The fourth-order valence-electron chi connectivity index (χ4n) is 1.36. The second kappa shape index (κ2) is 7.81. The maximum absolute atomic E-state index is 12.3. The topological polar surface area (TPSA) is 53.4 Å². The van der Waals surface area contributed by atoms with Crippen LogP contribution in [0.5, 0.6) is 0 Å². The van der Waals surface area contributed by atoms with E-state index in [1.165, 1.54) is 18.2 Å². The SMILES string of the molecule is OCc1ccc(F)c(F)c1.OCc1cccc(C(F)(F)F)n1. The van der Waals surface area contributed by atoms with Crippen LogP contribution in [0.2, 0.25) is 0 Å². The number of aliphatic hydroxyl groups is 2. The van der Waals surface area contributed by atoms with Crippen molar-refractivity contribution in [3.05, 3.63) is 65.0 Å². The molecule has 0 spiro atoms. The van der Waals surface area contributed by atoms with Crippen LogP contribution in [-0.2, 0) is 19.4 Å². The monoisotopic (exact) mass is 321 g/mol. The number of aromatic nitrogens is 1. The largest absolute Gasteiger partial charge is 0.433 e. The zero-order chi connectivity index (χ0) is 16.8. The molecule has 0 saturated carbocycles. The molecule has 0 aliphatic carbocycles. The highest BCUT2D eigenvalue weighted by Crippen LogP contribution is 2.27. The average Bonchev–Trinajstić information content (AvgIpc) is 2.50. The Labute approximate surface area is 122 Å². The van der Waals surface area contributed by atoms with Gasteiger partial charge in [-0.1, -0.05) is 12.1 Å². The smallest absolute Gasteiger partial charge is 0.392 e. The van der Waals surface area contributed by atoms with E-state index in [-0.39, 0.29) is 12.3 Å². The number of halogens is 5. The van der Waals surface area contributed by atoms with E-state index in [0.29, 0.717) is 5.56 Å². The molecule has 2 rings (SSSR count). The normalized spacial score (nSPS) is 10.9. The highest BCUT2D eigenvalue weighted by molar-refractivity contribution is 5.16. The van der Waals surface area contributed by atoms with Gasteiger partial charge in [-0.05, 0) is 29.8 Å². The highest BCUT2D eigenvalue weighted by atomic mass is 19.4. The average molecular weight is 321 g/mol. The molecule has 0 radical (unpaired) electrons. The summed E-state index contributed by atoms with van der Waals surface area (Å²) in [7, 11) is 0. The lowest BCUT2D eigenvalue weighted by Gasteiger charge is -2.05. The summed E-state index contributed by atoms with van der Waals surface area (Å²) in [5.41, 5.74) is -0.585. The Morgan fingerprint density at radius 2 is 1.59 bits per heavy atom. The van der Waals surface area contributed by atoms with Crippen molar-refractivity contribution >= 4 is 0 Å². The quantitative estimate of drug-likeness (QED) is 0.836. The van der Waals surface area contributed by atoms with Crippen molar-refractivity contribution in [3.63, 3.8) is 0 Å². The minimum Gasteiger partial charge on any atom is -0.392 e. The van der Waals surface area contributed by atoms with E-state index in [0.717, 1.165) is 18.2 Å². The summed E-state index contributed by atoms with van der Waals surface area (Å²) < 4.78 is 60.3. The van der Waals surface area contributed by atoms with Crippen LogP contribution in [0.3, 0.4) is 0 Å². The summed E-state index contributed by atoms with van der Waals surface area (Å²) >= 11 is 0. The van der Waals surface area contributed by atoms with E-state index in [1.54, 1.807) is 0 Å². The molecule has 3 nitrogen and oxygen atoms in total. The van der Waals surface area contributed by atoms with Crippen LogP contribution in [0, 0.1) is 11.6 Å². The zero-order valence-electron chi connectivity index (χ0n) is 11.1. The molecule has 8 heteroatoms. The van der Waals surface area contributed by atoms with E-state index in [1.807, 2.05) is 0 Å². The van der Waals surface area contributed by atoms with E-state index >= 15 is 0 Å². The Balaban J connectivity index is 0.000000224. The Bertz CT molecular complexity index is 616. The first-order valence-electron chi connectivity index (χ1n) is 5.96. The third kappa shape index (κ3) is 5.38. The van der Waals surface area contributed by atoms with Crippen molar-refractivity contribution < 1.29 is 32.2 Å². The van der Waals surface area contributed by atoms with Gasteiger partial charge in [-0.2, -0.15) is 13.2 Å². The van der Waals surface area contributed by atoms with Gasteiger partial charge in [0.25, 0.3) is 0 Å². The summed E-state index contributed by atoms with van der Waals surface area (Å²) in [6.07, 6.45) is -4.44. The molecule has 1 aromatic heterocycles. The first-order valence-corrected chi connectivity index (χ1v) is 5.96. The Kier molecular flexibility index (Phi) is 6.39. The molecule has 0 amide bonds. The summed E-state index contributed by atoms with van der Waals surface area (Å²) in [5.74, 6) is -1.82. The molecular weight excluding hydrogens is 309 g/mol. The molecule has 2 aromatic rings. The minimum absolute atomic E-state index is 0.0184. The molecule has 0 aliphatic rings. The second-order valence-electron chi connectivity index (χ2n) is 4.08. The number of hydrogen-bond acceptors (Lipinski definition) is 3. The number of nitrogens with zero attached hydrogens (tertiary/aromatic N) is 1. The Morgan fingerprint density at radius 3 is 2.09 bits per heavy atom.